The lowest BCUT2D eigenvalue weighted by atomic mass is 9.73. The van der Waals surface area contributed by atoms with Crippen LogP contribution in [0.4, 0.5) is 14.7 Å². The van der Waals surface area contributed by atoms with Gasteiger partial charge in [0.15, 0.2) is 0 Å². The van der Waals surface area contributed by atoms with Crippen LogP contribution in [-0.4, -0.2) is 55.1 Å². The van der Waals surface area contributed by atoms with Crippen LogP contribution >= 0.6 is 0 Å². The van der Waals surface area contributed by atoms with Crippen molar-refractivity contribution < 1.29 is 13.9 Å². The summed E-state index contributed by atoms with van der Waals surface area (Å²) in [5, 5.41) is 21.4. The van der Waals surface area contributed by atoms with Gasteiger partial charge in [0.1, 0.15) is 11.6 Å². The Morgan fingerprint density at radius 2 is 1.89 bits per heavy atom. The smallest absolute Gasteiger partial charge is 0.222 e. The van der Waals surface area contributed by atoms with Crippen LogP contribution in [0.3, 0.4) is 0 Å². The molecule has 0 radical (unpaired) electrons. The van der Waals surface area contributed by atoms with E-state index >= 15 is 0 Å². The first-order chi connectivity index (χ1) is 18.2. The maximum atomic E-state index is 14.5. The number of fused-ring (bicyclic) bond motifs is 5. The van der Waals surface area contributed by atoms with Gasteiger partial charge in [-0.3, -0.25) is 4.99 Å². The van der Waals surface area contributed by atoms with E-state index in [0.717, 1.165) is 35.4 Å². The molecule has 3 aliphatic rings. The molecule has 1 aliphatic heterocycles. The number of hydrogen-bond donors (Lipinski definition) is 2. The lowest BCUT2D eigenvalue weighted by Gasteiger charge is -2.47. The lowest BCUT2D eigenvalue weighted by Crippen LogP contribution is -2.51. The standard InChI is InChI=1S/C28H29F2N7O/c1-16(38)12-32-26-33-13-17(14-34-26)23-15-37(10-9-31-23)28-8-7-19(27(28,2)3)18-11-22(35-36-25(18)28)24-20(29)5-4-6-21(24)30/h4-6,9-11,13-14,16,19,38H,7-8,12,15H2,1-3H3,(H,32,33,34)/t16?,19-,28+/m0/s1. The molecule has 3 heterocycles. The summed E-state index contributed by atoms with van der Waals surface area (Å²) in [7, 11) is 0. The maximum Gasteiger partial charge on any atom is 0.222 e. The maximum absolute atomic E-state index is 14.5. The van der Waals surface area contributed by atoms with Crippen molar-refractivity contribution in [3.63, 3.8) is 0 Å². The molecule has 2 bridgehead atoms. The Morgan fingerprint density at radius 1 is 1.16 bits per heavy atom. The second-order valence-corrected chi connectivity index (χ2v) is 10.8. The largest absolute Gasteiger partial charge is 0.392 e. The van der Waals surface area contributed by atoms with Crippen LogP contribution in [0.5, 0.6) is 0 Å². The molecule has 2 N–H and O–H groups in total. The van der Waals surface area contributed by atoms with Crippen LogP contribution in [0.2, 0.25) is 0 Å². The van der Waals surface area contributed by atoms with E-state index in [1.165, 1.54) is 18.2 Å². The fourth-order valence-electron chi connectivity index (χ4n) is 6.49. The predicted octanol–water partition coefficient (Wildman–Crippen LogP) is 4.39. The number of aliphatic hydroxyl groups is 1. The number of benzene rings is 1. The van der Waals surface area contributed by atoms with Gasteiger partial charge in [0.05, 0.1) is 40.9 Å². The molecule has 8 nitrogen and oxygen atoms in total. The molecule has 3 aromatic rings. The minimum absolute atomic E-state index is 0.142. The summed E-state index contributed by atoms with van der Waals surface area (Å²) < 4.78 is 29.1. The fourth-order valence-corrected chi connectivity index (χ4v) is 6.49. The van der Waals surface area contributed by atoms with Crippen LogP contribution < -0.4 is 5.32 Å². The van der Waals surface area contributed by atoms with E-state index in [4.69, 9.17) is 0 Å². The summed E-state index contributed by atoms with van der Waals surface area (Å²) in [5.74, 6) is -0.671. The van der Waals surface area contributed by atoms with Crippen molar-refractivity contribution in [1.29, 1.82) is 0 Å². The molecule has 1 fully saturated rings. The first kappa shape index (κ1) is 24.5. The van der Waals surface area contributed by atoms with Crippen molar-refractivity contribution in [1.82, 2.24) is 25.1 Å². The molecule has 196 valence electrons. The summed E-state index contributed by atoms with van der Waals surface area (Å²) in [5.41, 5.74) is 2.93. The minimum Gasteiger partial charge on any atom is -0.392 e. The Bertz CT molecular complexity index is 1430. The highest BCUT2D eigenvalue weighted by atomic mass is 19.1. The normalized spacial score (nSPS) is 23.8. The number of halogens is 2. The number of aliphatic hydroxyl groups excluding tert-OH is 1. The van der Waals surface area contributed by atoms with Gasteiger partial charge >= 0.3 is 0 Å². The topological polar surface area (TPSA) is 99.4 Å². The molecule has 10 heteroatoms. The van der Waals surface area contributed by atoms with Crippen molar-refractivity contribution in [3.05, 3.63) is 77.5 Å². The number of rotatable bonds is 6. The lowest BCUT2D eigenvalue weighted by molar-refractivity contribution is 0.0543. The van der Waals surface area contributed by atoms with Gasteiger partial charge in [-0.15, -0.1) is 5.10 Å². The molecule has 1 unspecified atom stereocenters. The first-order valence-electron chi connectivity index (χ1n) is 12.8. The molecule has 1 saturated carbocycles. The van der Waals surface area contributed by atoms with Crippen LogP contribution in [0.25, 0.3) is 11.3 Å². The molecule has 0 amide bonds. The second kappa shape index (κ2) is 8.90. The number of aromatic nitrogens is 4. The van der Waals surface area contributed by atoms with E-state index in [2.05, 4.69) is 49.2 Å². The molecular formula is C28H29F2N7O. The molecule has 38 heavy (non-hydrogen) atoms. The monoisotopic (exact) mass is 517 g/mol. The molecule has 0 saturated heterocycles. The number of anilines is 1. The van der Waals surface area contributed by atoms with Gasteiger partial charge in [0.2, 0.25) is 5.95 Å². The fraction of sp³-hybridized carbons (Fsp3) is 0.393. The van der Waals surface area contributed by atoms with Crippen molar-refractivity contribution in [2.45, 2.75) is 51.2 Å². The minimum atomic E-state index is -0.648. The zero-order valence-electron chi connectivity index (χ0n) is 21.5. The highest BCUT2D eigenvalue weighted by Crippen LogP contribution is 2.68. The third-order valence-corrected chi connectivity index (χ3v) is 8.37. The van der Waals surface area contributed by atoms with E-state index in [1.807, 2.05) is 12.3 Å². The second-order valence-electron chi connectivity index (χ2n) is 10.8. The van der Waals surface area contributed by atoms with Gasteiger partial charge in [0, 0.05) is 42.3 Å². The number of nitrogens with zero attached hydrogens (tertiary/aromatic N) is 6. The summed E-state index contributed by atoms with van der Waals surface area (Å²) in [6.45, 7) is 7.06. The zero-order valence-corrected chi connectivity index (χ0v) is 21.5. The van der Waals surface area contributed by atoms with Crippen molar-refractivity contribution >= 4 is 11.7 Å². The summed E-state index contributed by atoms with van der Waals surface area (Å²) in [6.07, 6.45) is 8.55. The third kappa shape index (κ3) is 3.61. The zero-order chi connectivity index (χ0) is 26.7. The Hall–Kier alpha value is -3.79. The molecular weight excluding hydrogens is 488 g/mol. The SMILES string of the molecule is CC(O)CNc1ncc(C2=NC=CN([C@]34CC[C@@H](c5cc(-c6c(F)cccc6F)nnc53)C4(C)C)C2)cn1. The average Bonchev–Trinajstić information content (AvgIpc) is 3.28. The van der Waals surface area contributed by atoms with Crippen molar-refractivity contribution in [2.75, 3.05) is 18.4 Å². The molecule has 2 aromatic heterocycles. The van der Waals surface area contributed by atoms with Crippen LogP contribution in [0.15, 0.2) is 54.1 Å². The van der Waals surface area contributed by atoms with Crippen molar-refractivity contribution in [2.24, 2.45) is 10.4 Å². The van der Waals surface area contributed by atoms with Crippen LogP contribution in [-0.2, 0) is 5.54 Å². The van der Waals surface area contributed by atoms with E-state index in [1.54, 1.807) is 25.5 Å². The van der Waals surface area contributed by atoms with E-state index in [9.17, 15) is 13.9 Å². The van der Waals surface area contributed by atoms with E-state index in [0.29, 0.717) is 19.0 Å². The molecule has 1 aromatic carbocycles. The number of hydrogen-bond acceptors (Lipinski definition) is 8. The van der Waals surface area contributed by atoms with E-state index < -0.39 is 23.3 Å². The molecule has 2 aliphatic carbocycles. The Labute approximate surface area is 219 Å². The highest BCUT2D eigenvalue weighted by molar-refractivity contribution is 6.02. The van der Waals surface area contributed by atoms with Gasteiger partial charge in [-0.1, -0.05) is 19.9 Å². The summed E-state index contributed by atoms with van der Waals surface area (Å²) >= 11 is 0. The highest BCUT2D eigenvalue weighted by Gasteiger charge is 2.66. The first-order valence-corrected chi connectivity index (χ1v) is 12.8. The van der Waals surface area contributed by atoms with Gasteiger partial charge in [-0.2, -0.15) is 5.10 Å². The van der Waals surface area contributed by atoms with Gasteiger partial charge in [-0.25, -0.2) is 18.7 Å². The van der Waals surface area contributed by atoms with Crippen LogP contribution in [0.1, 0.15) is 56.4 Å². The Balaban J connectivity index is 1.33. The molecule has 6 rings (SSSR count). The van der Waals surface area contributed by atoms with Gasteiger partial charge in [-0.05, 0) is 49.4 Å². The molecule has 0 spiro atoms. The Kier molecular flexibility index (Phi) is 5.75. The predicted molar refractivity (Wildman–Crippen MR) is 139 cm³/mol. The number of nitrogens with one attached hydrogen (secondary N) is 1. The van der Waals surface area contributed by atoms with Crippen molar-refractivity contribution in [3.8, 4) is 11.3 Å². The average molecular weight is 518 g/mol. The molecule has 3 atom stereocenters. The quantitative estimate of drug-likeness (QED) is 0.500. The third-order valence-electron chi connectivity index (χ3n) is 8.37. The van der Waals surface area contributed by atoms with Gasteiger partial charge in [0.25, 0.3) is 0 Å². The van der Waals surface area contributed by atoms with E-state index in [-0.39, 0.29) is 22.6 Å². The summed E-state index contributed by atoms with van der Waals surface area (Å²) in [6, 6.07) is 5.65. The van der Waals surface area contributed by atoms with Gasteiger partial charge < -0.3 is 15.3 Å². The number of aliphatic imine (C=N–C) groups is 1. The Morgan fingerprint density at radius 3 is 2.61 bits per heavy atom. The van der Waals surface area contributed by atoms with Crippen LogP contribution in [0, 0.1) is 17.0 Å². The summed E-state index contributed by atoms with van der Waals surface area (Å²) in [4.78, 5) is 15.6.